The number of carbonyl (C=O) groups is 2. The van der Waals surface area contributed by atoms with Gasteiger partial charge in [0.25, 0.3) is 0 Å². The Morgan fingerprint density at radius 3 is 2.28 bits per heavy atom. The van der Waals surface area contributed by atoms with Crippen molar-refractivity contribution in [3.8, 4) is 5.75 Å². The van der Waals surface area contributed by atoms with Crippen LogP contribution in [0.15, 0.2) is 42.5 Å². The Hall–Kier alpha value is -2.28. The minimum Gasteiger partial charge on any atom is -0.506 e. The molecule has 0 bridgehead atoms. The van der Waals surface area contributed by atoms with Gasteiger partial charge in [-0.3, -0.25) is 14.5 Å². The summed E-state index contributed by atoms with van der Waals surface area (Å²) in [7, 11) is 0. The number of halogens is 2. The predicted octanol–water partition coefficient (Wildman–Crippen LogP) is 4.38. The maximum Gasteiger partial charge on any atom is 0.241 e. The Morgan fingerprint density at radius 1 is 1.03 bits per heavy atom. The fourth-order valence-corrected chi connectivity index (χ4v) is 3.87. The van der Waals surface area contributed by atoms with Crippen LogP contribution < -0.4 is 10.6 Å². The molecule has 2 amide bonds. The molecule has 3 N–H and O–H groups in total. The number of likely N-dealkylation sites (tertiary alicyclic amines) is 1. The van der Waals surface area contributed by atoms with E-state index in [1.54, 1.807) is 36.4 Å². The molecule has 154 valence electrons. The number of hydrogen-bond acceptors (Lipinski definition) is 4. The first-order valence-corrected chi connectivity index (χ1v) is 10.2. The molecule has 1 heterocycles. The molecule has 1 atom stereocenters. The van der Waals surface area contributed by atoms with E-state index in [1.807, 2.05) is 11.8 Å². The van der Waals surface area contributed by atoms with E-state index < -0.39 is 0 Å². The summed E-state index contributed by atoms with van der Waals surface area (Å²) < 4.78 is 0. The smallest absolute Gasteiger partial charge is 0.241 e. The molecule has 6 nitrogen and oxygen atoms in total. The summed E-state index contributed by atoms with van der Waals surface area (Å²) in [6, 6.07) is 11.3. The Labute approximate surface area is 179 Å². The van der Waals surface area contributed by atoms with Crippen molar-refractivity contribution in [1.82, 2.24) is 4.90 Å². The number of anilines is 2. The minimum absolute atomic E-state index is 0.0433. The van der Waals surface area contributed by atoms with Crippen LogP contribution in [-0.4, -0.2) is 41.0 Å². The van der Waals surface area contributed by atoms with Crippen LogP contribution in [0.5, 0.6) is 5.75 Å². The second-order valence-corrected chi connectivity index (χ2v) is 7.89. The molecule has 29 heavy (non-hydrogen) atoms. The first-order chi connectivity index (χ1) is 13.9. The molecule has 0 aliphatic carbocycles. The molecule has 0 saturated carbocycles. The van der Waals surface area contributed by atoms with Gasteiger partial charge in [0.05, 0.1) is 27.5 Å². The van der Waals surface area contributed by atoms with Gasteiger partial charge in [-0.2, -0.15) is 0 Å². The highest BCUT2D eigenvalue weighted by atomic mass is 35.5. The third-order valence-electron chi connectivity index (χ3n) is 5.20. The van der Waals surface area contributed by atoms with E-state index in [0.29, 0.717) is 47.4 Å². The molecule has 1 aliphatic heterocycles. The number of nitrogens with one attached hydrogen (secondary N) is 2. The van der Waals surface area contributed by atoms with Crippen LogP contribution in [0.3, 0.4) is 0 Å². The molecule has 1 unspecified atom stereocenters. The van der Waals surface area contributed by atoms with Gasteiger partial charge in [0.15, 0.2) is 0 Å². The molecule has 0 spiro atoms. The second kappa shape index (κ2) is 9.48. The van der Waals surface area contributed by atoms with Gasteiger partial charge in [-0.15, -0.1) is 0 Å². The highest BCUT2D eigenvalue weighted by molar-refractivity contribution is 6.39. The van der Waals surface area contributed by atoms with Crippen molar-refractivity contribution in [2.24, 2.45) is 5.92 Å². The maximum absolute atomic E-state index is 12.6. The molecule has 2 aromatic rings. The van der Waals surface area contributed by atoms with E-state index in [1.165, 1.54) is 6.07 Å². The fraction of sp³-hybridized carbons (Fsp3) is 0.333. The van der Waals surface area contributed by atoms with E-state index in [2.05, 4.69) is 10.6 Å². The zero-order valence-electron chi connectivity index (χ0n) is 16.0. The van der Waals surface area contributed by atoms with Gasteiger partial charge in [0.1, 0.15) is 5.75 Å². The highest BCUT2D eigenvalue weighted by Gasteiger charge is 2.30. The number of benzene rings is 2. The van der Waals surface area contributed by atoms with Gasteiger partial charge in [0, 0.05) is 5.92 Å². The van der Waals surface area contributed by atoms with E-state index >= 15 is 0 Å². The average molecular weight is 436 g/mol. The topological polar surface area (TPSA) is 81.7 Å². The second-order valence-electron chi connectivity index (χ2n) is 7.08. The van der Waals surface area contributed by atoms with Crippen LogP contribution in [0.4, 0.5) is 11.4 Å². The number of rotatable bonds is 5. The lowest BCUT2D eigenvalue weighted by atomic mass is 9.94. The number of phenolic OH excluding ortho intramolecular Hbond substituents is 1. The summed E-state index contributed by atoms with van der Waals surface area (Å²) in [5.74, 6) is -0.441. The molecule has 0 radical (unpaired) electrons. The summed E-state index contributed by atoms with van der Waals surface area (Å²) >= 11 is 12.2. The van der Waals surface area contributed by atoms with Gasteiger partial charge >= 0.3 is 0 Å². The number of carbonyl (C=O) groups excluding carboxylic acids is 2. The largest absolute Gasteiger partial charge is 0.506 e. The van der Waals surface area contributed by atoms with Gasteiger partial charge in [-0.1, -0.05) is 41.4 Å². The first-order valence-electron chi connectivity index (χ1n) is 9.44. The number of aromatic hydroxyl groups is 1. The van der Waals surface area contributed by atoms with Gasteiger partial charge < -0.3 is 15.7 Å². The SMILES string of the molecule is CC(C(=O)Nc1c(Cl)cccc1Cl)N1CCC(C(=O)Nc2ccccc2O)CC1. The monoisotopic (exact) mass is 435 g/mol. The highest BCUT2D eigenvalue weighted by Crippen LogP contribution is 2.30. The van der Waals surface area contributed by atoms with Crippen molar-refractivity contribution >= 4 is 46.4 Å². The average Bonchev–Trinajstić information content (AvgIpc) is 2.72. The van der Waals surface area contributed by atoms with Crippen molar-refractivity contribution in [2.75, 3.05) is 23.7 Å². The van der Waals surface area contributed by atoms with E-state index in [0.717, 1.165) is 0 Å². The number of hydrogen-bond donors (Lipinski definition) is 3. The van der Waals surface area contributed by atoms with E-state index in [-0.39, 0.29) is 29.5 Å². The Morgan fingerprint density at radius 2 is 1.66 bits per heavy atom. The molecule has 8 heteroatoms. The number of nitrogens with zero attached hydrogens (tertiary/aromatic N) is 1. The molecule has 1 fully saturated rings. The number of phenols is 1. The van der Waals surface area contributed by atoms with Crippen molar-refractivity contribution in [3.05, 3.63) is 52.5 Å². The van der Waals surface area contributed by atoms with Crippen molar-refractivity contribution in [1.29, 1.82) is 0 Å². The predicted molar refractivity (Wildman–Crippen MR) is 116 cm³/mol. The summed E-state index contributed by atoms with van der Waals surface area (Å²) in [6.45, 7) is 3.05. The summed E-state index contributed by atoms with van der Waals surface area (Å²) in [5, 5.41) is 16.2. The molecular formula is C21H23Cl2N3O3. The minimum atomic E-state index is -0.385. The van der Waals surface area contributed by atoms with Gasteiger partial charge in [-0.25, -0.2) is 0 Å². The van der Waals surface area contributed by atoms with Crippen LogP contribution in [-0.2, 0) is 9.59 Å². The molecule has 2 aromatic carbocycles. The Balaban J connectivity index is 1.54. The van der Waals surface area contributed by atoms with Crippen LogP contribution in [0.2, 0.25) is 10.0 Å². The summed E-state index contributed by atoms with van der Waals surface area (Å²) in [4.78, 5) is 27.2. The summed E-state index contributed by atoms with van der Waals surface area (Å²) in [6.07, 6.45) is 1.26. The fourth-order valence-electron chi connectivity index (χ4n) is 3.37. The van der Waals surface area contributed by atoms with Gasteiger partial charge in [-0.05, 0) is 57.1 Å². The van der Waals surface area contributed by atoms with E-state index in [4.69, 9.17) is 23.2 Å². The lowest BCUT2D eigenvalue weighted by Crippen LogP contribution is -2.47. The number of para-hydroxylation sites is 3. The van der Waals surface area contributed by atoms with Crippen molar-refractivity contribution in [2.45, 2.75) is 25.8 Å². The third-order valence-corrected chi connectivity index (χ3v) is 5.83. The third kappa shape index (κ3) is 5.21. The maximum atomic E-state index is 12.6. The Bertz CT molecular complexity index is 878. The van der Waals surface area contributed by atoms with Crippen LogP contribution in [0, 0.1) is 5.92 Å². The molecule has 3 rings (SSSR count). The van der Waals surface area contributed by atoms with E-state index in [9.17, 15) is 14.7 Å². The molecule has 1 aliphatic rings. The Kier molecular flexibility index (Phi) is 7.00. The summed E-state index contributed by atoms with van der Waals surface area (Å²) in [5.41, 5.74) is 0.814. The standard InChI is InChI=1S/C21H23Cl2N3O3/c1-13(20(28)25-19-15(22)5-4-6-16(19)23)26-11-9-14(10-12-26)21(29)24-17-7-2-3-8-18(17)27/h2-8,13-14,27H,9-12H2,1H3,(H,24,29)(H,25,28). The molecule has 1 saturated heterocycles. The zero-order valence-corrected chi connectivity index (χ0v) is 17.5. The molecule has 0 aromatic heterocycles. The van der Waals surface area contributed by atoms with Crippen LogP contribution in [0.25, 0.3) is 0 Å². The quantitative estimate of drug-likeness (QED) is 0.608. The van der Waals surface area contributed by atoms with Crippen LogP contribution >= 0.6 is 23.2 Å². The van der Waals surface area contributed by atoms with Crippen molar-refractivity contribution in [3.63, 3.8) is 0 Å². The zero-order chi connectivity index (χ0) is 21.0. The normalized spacial score (nSPS) is 16.2. The lowest BCUT2D eigenvalue weighted by molar-refractivity contribution is -0.123. The number of amides is 2. The van der Waals surface area contributed by atoms with Crippen molar-refractivity contribution < 1.29 is 14.7 Å². The first kappa shape index (κ1) is 21.4. The van der Waals surface area contributed by atoms with Gasteiger partial charge in [0.2, 0.25) is 11.8 Å². The lowest BCUT2D eigenvalue weighted by Gasteiger charge is -2.34. The molecular weight excluding hydrogens is 413 g/mol. The van der Waals surface area contributed by atoms with Crippen LogP contribution in [0.1, 0.15) is 19.8 Å². The number of piperidine rings is 1.